The number of ether oxygens (including phenoxy) is 1. The van der Waals surface area contributed by atoms with Gasteiger partial charge < -0.3 is 14.6 Å². The van der Waals surface area contributed by atoms with Gasteiger partial charge in [0, 0.05) is 6.42 Å². The Morgan fingerprint density at radius 2 is 2.00 bits per heavy atom. The Bertz CT molecular complexity index is 357. The maximum Gasteiger partial charge on any atom is 0.129 e. The van der Waals surface area contributed by atoms with Crippen molar-refractivity contribution in [2.45, 2.75) is 45.3 Å². The molecule has 0 saturated carbocycles. The molecule has 0 saturated heterocycles. The summed E-state index contributed by atoms with van der Waals surface area (Å²) in [6.45, 7) is 4.11. The summed E-state index contributed by atoms with van der Waals surface area (Å²) in [7, 11) is 0. The summed E-state index contributed by atoms with van der Waals surface area (Å²) >= 11 is 0. The topological polar surface area (TPSA) is 46.5 Å². The fourth-order valence-corrected chi connectivity index (χ4v) is 1.75. The Hall–Kier alpha value is -1.19. The Morgan fingerprint density at radius 3 is 2.61 bits per heavy atom. The first-order valence-electron chi connectivity index (χ1n) is 6.33. The van der Waals surface area contributed by atoms with E-state index < -0.39 is 5.60 Å². The maximum atomic E-state index is 10.8. The molecule has 0 spiro atoms. The van der Waals surface area contributed by atoms with Crippen LogP contribution in [0.2, 0.25) is 0 Å². The highest BCUT2D eigenvalue weighted by Crippen LogP contribution is 2.15. The second-order valence-electron chi connectivity index (χ2n) is 5.03. The Kier molecular flexibility index (Phi) is 6.02. The molecule has 0 aliphatic heterocycles. The number of benzene rings is 1. The molecule has 1 N–H and O–H groups in total. The van der Waals surface area contributed by atoms with Crippen LogP contribution in [0.3, 0.4) is 0 Å². The lowest BCUT2D eigenvalue weighted by Gasteiger charge is -2.22. The van der Waals surface area contributed by atoms with Crippen LogP contribution >= 0.6 is 0 Å². The largest absolute Gasteiger partial charge is 0.388 e. The van der Waals surface area contributed by atoms with E-state index in [-0.39, 0.29) is 5.78 Å². The van der Waals surface area contributed by atoms with Crippen LogP contribution in [0.1, 0.15) is 38.7 Å². The number of carbonyl (C=O) groups is 1. The van der Waals surface area contributed by atoms with Crippen molar-refractivity contribution in [2.24, 2.45) is 0 Å². The number of hydrogen-bond donors (Lipinski definition) is 1. The monoisotopic (exact) mass is 250 g/mol. The van der Waals surface area contributed by atoms with Crippen molar-refractivity contribution in [2.75, 3.05) is 6.61 Å². The third-order valence-electron chi connectivity index (χ3n) is 2.77. The third kappa shape index (κ3) is 6.52. The first kappa shape index (κ1) is 14.9. The highest BCUT2D eigenvalue weighted by atomic mass is 16.5. The third-order valence-corrected chi connectivity index (χ3v) is 2.77. The molecule has 0 aromatic heterocycles. The Labute approximate surface area is 109 Å². The van der Waals surface area contributed by atoms with Gasteiger partial charge in [0.2, 0.25) is 0 Å². The normalized spacial score (nSPS) is 14.2. The lowest BCUT2D eigenvalue weighted by atomic mass is 9.99. The molecule has 0 radical (unpaired) electrons. The van der Waals surface area contributed by atoms with Crippen molar-refractivity contribution in [3.8, 4) is 0 Å². The van der Waals surface area contributed by atoms with Gasteiger partial charge in [-0.2, -0.15) is 0 Å². The van der Waals surface area contributed by atoms with E-state index in [1.54, 1.807) is 13.8 Å². The quantitative estimate of drug-likeness (QED) is 0.771. The molecule has 0 amide bonds. The minimum atomic E-state index is -0.857. The highest BCUT2D eigenvalue weighted by Gasteiger charge is 2.20. The van der Waals surface area contributed by atoms with Crippen molar-refractivity contribution in [1.29, 1.82) is 0 Å². The summed E-state index contributed by atoms with van der Waals surface area (Å²) in [5, 5.41) is 10.1. The fraction of sp³-hybridized carbons (Fsp3) is 0.533. The number of hydrogen-bond acceptors (Lipinski definition) is 3. The summed E-state index contributed by atoms with van der Waals surface area (Å²) in [6.07, 6.45) is 1.81. The predicted octanol–water partition coefficient (Wildman–Crippen LogP) is 2.71. The average Bonchev–Trinajstić information content (AvgIpc) is 2.29. The van der Waals surface area contributed by atoms with Gasteiger partial charge in [-0.15, -0.1) is 0 Å². The van der Waals surface area contributed by atoms with Crippen molar-refractivity contribution in [1.82, 2.24) is 0 Å². The van der Waals surface area contributed by atoms with Crippen LogP contribution in [0.4, 0.5) is 0 Å². The molecule has 0 aliphatic carbocycles. The fourth-order valence-electron chi connectivity index (χ4n) is 1.75. The Balaban J connectivity index is 2.22. The highest BCUT2D eigenvalue weighted by molar-refractivity contribution is 5.75. The van der Waals surface area contributed by atoms with Gasteiger partial charge in [0.15, 0.2) is 0 Å². The summed E-state index contributed by atoms with van der Waals surface area (Å²) in [5.41, 5.74) is 0.238. The smallest absolute Gasteiger partial charge is 0.129 e. The Morgan fingerprint density at radius 1 is 1.33 bits per heavy atom. The maximum absolute atomic E-state index is 10.8. The molecular formula is C15H22O3. The van der Waals surface area contributed by atoms with Gasteiger partial charge in [0.25, 0.3) is 0 Å². The molecule has 1 aromatic rings. The second-order valence-corrected chi connectivity index (χ2v) is 5.03. The molecule has 0 bridgehead atoms. The van der Waals surface area contributed by atoms with Crippen LogP contribution in [-0.2, 0) is 16.1 Å². The molecule has 0 heterocycles. The van der Waals surface area contributed by atoms with E-state index in [2.05, 4.69) is 0 Å². The molecule has 1 rings (SSSR count). The minimum absolute atomic E-state index is 0.163. The lowest BCUT2D eigenvalue weighted by Crippen LogP contribution is -2.30. The van der Waals surface area contributed by atoms with E-state index in [4.69, 9.17) is 4.74 Å². The summed E-state index contributed by atoms with van der Waals surface area (Å²) in [5.74, 6) is 0.163. The predicted molar refractivity (Wildman–Crippen MR) is 71.3 cm³/mol. The van der Waals surface area contributed by atoms with Gasteiger partial charge in [-0.3, -0.25) is 0 Å². The zero-order valence-electron chi connectivity index (χ0n) is 11.2. The van der Waals surface area contributed by atoms with E-state index in [1.807, 2.05) is 30.3 Å². The first-order valence-corrected chi connectivity index (χ1v) is 6.33. The van der Waals surface area contributed by atoms with Crippen LogP contribution in [0, 0.1) is 0 Å². The van der Waals surface area contributed by atoms with E-state index in [0.717, 1.165) is 5.56 Å². The molecule has 3 nitrogen and oxygen atoms in total. The lowest BCUT2D eigenvalue weighted by molar-refractivity contribution is -0.117. The standard InChI is InChI=1S/C15H22O3/c1-13(16)7-6-10-15(2,17)12-18-11-14-8-4-3-5-9-14/h3-5,8-9,17H,6-7,10-12H2,1-2H3. The van der Waals surface area contributed by atoms with Gasteiger partial charge in [-0.25, -0.2) is 0 Å². The van der Waals surface area contributed by atoms with Crippen LogP contribution in [-0.4, -0.2) is 23.1 Å². The number of aliphatic hydroxyl groups is 1. The molecule has 100 valence electrons. The molecule has 1 atom stereocenters. The molecule has 1 aromatic carbocycles. The van der Waals surface area contributed by atoms with E-state index >= 15 is 0 Å². The SMILES string of the molecule is CC(=O)CCCC(C)(O)COCc1ccccc1. The summed E-state index contributed by atoms with van der Waals surface area (Å²) < 4.78 is 5.51. The van der Waals surface area contributed by atoms with Crippen molar-refractivity contribution >= 4 is 5.78 Å². The van der Waals surface area contributed by atoms with Gasteiger partial charge in [-0.05, 0) is 32.3 Å². The molecule has 1 unspecified atom stereocenters. The molecule has 3 heteroatoms. The number of rotatable bonds is 8. The van der Waals surface area contributed by atoms with Gasteiger partial charge in [0.1, 0.15) is 5.78 Å². The average molecular weight is 250 g/mol. The van der Waals surface area contributed by atoms with Gasteiger partial charge in [-0.1, -0.05) is 30.3 Å². The molecule has 18 heavy (non-hydrogen) atoms. The van der Waals surface area contributed by atoms with Gasteiger partial charge in [0.05, 0.1) is 18.8 Å². The first-order chi connectivity index (χ1) is 8.49. The van der Waals surface area contributed by atoms with E-state index in [0.29, 0.717) is 32.5 Å². The second kappa shape index (κ2) is 7.29. The van der Waals surface area contributed by atoms with Crippen LogP contribution < -0.4 is 0 Å². The summed E-state index contributed by atoms with van der Waals surface area (Å²) in [6, 6.07) is 9.86. The number of carbonyl (C=O) groups excluding carboxylic acids is 1. The van der Waals surface area contributed by atoms with Crippen molar-refractivity contribution in [3.05, 3.63) is 35.9 Å². The van der Waals surface area contributed by atoms with E-state index in [1.165, 1.54) is 0 Å². The number of ketones is 1. The number of Topliss-reactive ketones (excluding diaryl/α,β-unsaturated/α-hetero) is 1. The van der Waals surface area contributed by atoms with Crippen LogP contribution in [0.15, 0.2) is 30.3 Å². The van der Waals surface area contributed by atoms with Crippen molar-refractivity contribution in [3.63, 3.8) is 0 Å². The molecule has 0 aliphatic rings. The van der Waals surface area contributed by atoms with E-state index in [9.17, 15) is 9.90 Å². The molecule has 0 fully saturated rings. The zero-order chi connectivity index (χ0) is 13.4. The van der Waals surface area contributed by atoms with Crippen molar-refractivity contribution < 1.29 is 14.6 Å². The zero-order valence-corrected chi connectivity index (χ0v) is 11.2. The molecular weight excluding hydrogens is 228 g/mol. The minimum Gasteiger partial charge on any atom is -0.388 e. The van der Waals surface area contributed by atoms with Gasteiger partial charge >= 0.3 is 0 Å². The van der Waals surface area contributed by atoms with Crippen LogP contribution in [0.25, 0.3) is 0 Å². The summed E-state index contributed by atoms with van der Waals surface area (Å²) in [4.78, 5) is 10.8. The van der Waals surface area contributed by atoms with Crippen LogP contribution in [0.5, 0.6) is 0 Å².